The number of benzene rings is 1. The first kappa shape index (κ1) is 22.1. The maximum Gasteiger partial charge on any atom is 0.274 e. The van der Waals surface area contributed by atoms with Gasteiger partial charge in [0.1, 0.15) is 5.75 Å². The average molecular weight is 437 g/mol. The van der Waals surface area contributed by atoms with Gasteiger partial charge in [-0.3, -0.25) is 19.1 Å². The van der Waals surface area contributed by atoms with Gasteiger partial charge in [-0.15, -0.1) is 0 Å². The zero-order valence-corrected chi connectivity index (χ0v) is 19.6. The third kappa shape index (κ3) is 4.41. The third-order valence-electron chi connectivity index (χ3n) is 6.32. The Kier molecular flexibility index (Phi) is 6.32. The lowest BCUT2D eigenvalue weighted by Crippen LogP contribution is -2.32. The molecule has 0 radical (unpaired) electrons. The molecular formula is C24H32N6O2. The SMILES string of the molecule is COc1ccc(CCn2nc(C(=O)N(C)C)c3c2CCN(Cc2cnn(C)c2C)C3)cc1. The second kappa shape index (κ2) is 9.16. The molecule has 1 aliphatic rings. The molecule has 4 rings (SSSR count). The quantitative estimate of drug-likeness (QED) is 0.569. The molecule has 0 aliphatic carbocycles. The van der Waals surface area contributed by atoms with Gasteiger partial charge in [0.05, 0.1) is 13.3 Å². The summed E-state index contributed by atoms with van der Waals surface area (Å²) in [6.07, 6.45) is 3.67. The van der Waals surface area contributed by atoms with Crippen LogP contribution in [-0.2, 0) is 39.5 Å². The Balaban J connectivity index is 1.55. The van der Waals surface area contributed by atoms with Crippen molar-refractivity contribution in [3.8, 4) is 5.75 Å². The molecule has 1 aromatic carbocycles. The molecule has 0 saturated heterocycles. The van der Waals surface area contributed by atoms with Gasteiger partial charge in [-0.25, -0.2) is 0 Å². The van der Waals surface area contributed by atoms with Crippen molar-refractivity contribution in [1.29, 1.82) is 0 Å². The van der Waals surface area contributed by atoms with Crippen LogP contribution in [0.1, 0.15) is 38.6 Å². The van der Waals surface area contributed by atoms with E-state index >= 15 is 0 Å². The fourth-order valence-corrected chi connectivity index (χ4v) is 4.22. The summed E-state index contributed by atoms with van der Waals surface area (Å²) in [5.74, 6) is 0.817. The van der Waals surface area contributed by atoms with Crippen molar-refractivity contribution in [3.05, 3.63) is 64.2 Å². The molecule has 0 atom stereocenters. The standard InChI is InChI=1S/C24H32N6O2/c1-17-19(14-25-28(17)4)15-29-12-11-22-21(16-29)23(24(31)27(2)3)26-30(22)13-10-18-6-8-20(32-5)9-7-18/h6-9,14H,10-13,15-16H2,1-5H3. The largest absolute Gasteiger partial charge is 0.497 e. The number of ether oxygens (including phenoxy) is 1. The third-order valence-corrected chi connectivity index (χ3v) is 6.32. The predicted molar refractivity (Wildman–Crippen MR) is 123 cm³/mol. The molecule has 8 heteroatoms. The van der Waals surface area contributed by atoms with Gasteiger partial charge in [0.2, 0.25) is 0 Å². The number of aromatic nitrogens is 4. The Morgan fingerprint density at radius 3 is 2.59 bits per heavy atom. The number of aryl methyl sites for hydroxylation is 3. The lowest BCUT2D eigenvalue weighted by atomic mass is 10.0. The summed E-state index contributed by atoms with van der Waals surface area (Å²) in [6.45, 7) is 5.32. The van der Waals surface area contributed by atoms with E-state index in [1.807, 2.05) is 34.7 Å². The highest BCUT2D eigenvalue weighted by molar-refractivity contribution is 5.93. The fourth-order valence-electron chi connectivity index (χ4n) is 4.22. The van der Waals surface area contributed by atoms with E-state index in [4.69, 9.17) is 9.84 Å². The van der Waals surface area contributed by atoms with Crippen LogP contribution in [0.25, 0.3) is 0 Å². The van der Waals surface area contributed by atoms with E-state index in [0.717, 1.165) is 50.3 Å². The van der Waals surface area contributed by atoms with Crippen LogP contribution in [0.4, 0.5) is 0 Å². The molecule has 0 fully saturated rings. The summed E-state index contributed by atoms with van der Waals surface area (Å²) >= 11 is 0. The van der Waals surface area contributed by atoms with Crippen molar-refractivity contribution in [3.63, 3.8) is 0 Å². The number of hydrogen-bond acceptors (Lipinski definition) is 5. The Labute approximate surface area is 189 Å². The Morgan fingerprint density at radius 2 is 1.97 bits per heavy atom. The first-order chi connectivity index (χ1) is 15.4. The maximum atomic E-state index is 12.9. The molecule has 32 heavy (non-hydrogen) atoms. The normalized spacial score (nSPS) is 13.8. The van der Waals surface area contributed by atoms with E-state index in [2.05, 4.69) is 29.1 Å². The Hall–Kier alpha value is -3.13. The van der Waals surface area contributed by atoms with E-state index in [1.165, 1.54) is 22.5 Å². The van der Waals surface area contributed by atoms with Gasteiger partial charge in [-0.1, -0.05) is 12.1 Å². The van der Waals surface area contributed by atoms with Gasteiger partial charge < -0.3 is 9.64 Å². The molecule has 0 saturated carbocycles. The molecule has 8 nitrogen and oxygen atoms in total. The van der Waals surface area contributed by atoms with Gasteiger partial charge in [0, 0.05) is 76.3 Å². The summed E-state index contributed by atoms with van der Waals surface area (Å²) in [4.78, 5) is 16.9. The van der Waals surface area contributed by atoms with Crippen LogP contribution >= 0.6 is 0 Å². The Morgan fingerprint density at radius 1 is 1.22 bits per heavy atom. The van der Waals surface area contributed by atoms with Gasteiger partial charge in [-0.2, -0.15) is 10.2 Å². The zero-order chi connectivity index (χ0) is 22.8. The molecule has 1 amide bonds. The molecule has 0 N–H and O–H groups in total. The number of amides is 1. The van der Waals surface area contributed by atoms with Crippen molar-refractivity contribution in [2.75, 3.05) is 27.7 Å². The Bertz CT molecular complexity index is 1100. The van der Waals surface area contributed by atoms with Crippen LogP contribution in [0.2, 0.25) is 0 Å². The number of rotatable bonds is 7. The lowest BCUT2D eigenvalue weighted by molar-refractivity contribution is 0.0818. The molecular weight excluding hydrogens is 404 g/mol. The van der Waals surface area contributed by atoms with Crippen molar-refractivity contribution in [1.82, 2.24) is 29.4 Å². The summed E-state index contributed by atoms with van der Waals surface area (Å²) in [5, 5.41) is 9.15. The van der Waals surface area contributed by atoms with Gasteiger partial charge >= 0.3 is 0 Å². The number of hydrogen-bond donors (Lipinski definition) is 0. The van der Waals surface area contributed by atoms with Crippen LogP contribution in [0.15, 0.2) is 30.5 Å². The van der Waals surface area contributed by atoms with E-state index in [0.29, 0.717) is 5.69 Å². The van der Waals surface area contributed by atoms with Gasteiger partial charge in [-0.05, 0) is 31.0 Å². The maximum absolute atomic E-state index is 12.9. The highest BCUT2D eigenvalue weighted by Crippen LogP contribution is 2.26. The van der Waals surface area contributed by atoms with E-state index in [1.54, 1.807) is 26.1 Å². The second-order valence-corrected chi connectivity index (χ2v) is 8.63. The summed E-state index contributed by atoms with van der Waals surface area (Å²) in [5.41, 5.74) is 6.44. The van der Waals surface area contributed by atoms with Crippen LogP contribution in [0.3, 0.4) is 0 Å². The zero-order valence-electron chi connectivity index (χ0n) is 19.6. The van der Waals surface area contributed by atoms with Crippen LogP contribution in [0.5, 0.6) is 5.75 Å². The molecule has 2 aromatic heterocycles. The minimum Gasteiger partial charge on any atom is -0.497 e. The number of carbonyl (C=O) groups is 1. The summed E-state index contributed by atoms with van der Waals surface area (Å²) < 4.78 is 9.20. The molecule has 3 heterocycles. The van der Waals surface area contributed by atoms with Crippen molar-refractivity contribution in [2.24, 2.45) is 7.05 Å². The van der Waals surface area contributed by atoms with E-state index in [9.17, 15) is 4.79 Å². The minimum absolute atomic E-state index is 0.0381. The highest BCUT2D eigenvalue weighted by atomic mass is 16.5. The van der Waals surface area contributed by atoms with E-state index < -0.39 is 0 Å². The van der Waals surface area contributed by atoms with Crippen LogP contribution < -0.4 is 4.74 Å². The van der Waals surface area contributed by atoms with Crippen LogP contribution in [0, 0.1) is 6.92 Å². The second-order valence-electron chi connectivity index (χ2n) is 8.63. The monoisotopic (exact) mass is 436 g/mol. The van der Waals surface area contributed by atoms with Crippen molar-refractivity contribution in [2.45, 2.75) is 39.4 Å². The first-order valence-electron chi connectivity index (χ1n) is 11.0. The molecule has 3 aromatic rings. The van der Waals surface area contributed by atoms with E-state index in [-0.39, 0.29) is 5.91 Å². The average Bonchev–Trinajstić information content (AvgIpc) is 3.32. The van der Waals surface area contributed by atoms with Crippen molar-refractivity contribution < 1.29 is 9.53 Å². The highest BCUT2D eigenvalue weighted by Gasteiger charge is 2.29. The first-order valence-corrected chi connectivity index (χ1v) is 11.0. The number of methoxy groups -OCH3 is 1. The predicted octanol–water partition coefficient (Wildman–Crippen LogP) is 2.44. The lowest BCUT2D eigenvalue weighted by Gasteiger charge is -2.27. The van der Waals surface area contributed by atoms with Crippen molar-refractivity contribution >= 4 is 5.91 Å². The van der Waals surface area contributed by atoms with Gasteiger partial charge in [0.25, 0.3) is 5.91 Å². The molecule has 0 bridgehead atoms. The smallest absolute Gasteiger partial charge is 0.274 e. The molecule has 0 unspecified atom stereocenters. The minimum atomic E-state index is -0.0381. The fraction of sp³-hybridized carbons (Fsp3) is 0.458. The molecule has 1 aliphatic heterocycles. The van der Waals surface area contributed by atoms with Gasteiger partial charge in [0.15, 0.2) is 5.69 Å². The number of nitrogens with zero attached hydrogens (tertiary/aromatic N) is 6. The summed E-state index contributed by atoms with van der Waals surface area (Å²) in [6, 6.07) is 8.12. The number of carbonyl (C=O) groups excluding carboxylic acids is 1. The molecule has 170 valence electrons. The molecule has 0 spiro atoms. The van der Waals surface area contributed by atoms with Crippen LogP contribution in [-0.4, -0.2) is 63.0 Å². The topological polar surface area (TPSA) is 68.4 Å². The number of fused-ring (bicyclic) bond motifs is 1. The summed E-state index contributed by atoms with van der Waals surface area (Å²) in [7, 11) is 7.20.